The normalized spacial score (nSPS) is 18.5. The van der Waals surface area contributed by atoms with Crippen molar-refractivity contribution in [3.8, 4) is 5.69 Å². The van der Waals surface area contributed by atoms with E-state index in [2.05, 4.69) is 5.10 Å². The summed E-state index contributed by atoms with van der Waals surface area (Å²) in [7, 11) is -3.57. The molecule has 2 aliphatic rings. The fraction of sp³-hybridized carbons (Fsp3) is 0.280. The Morgan fingerprint density at radius 2 is 1.71 bits per heavy atom. The van der Waals surface area contributed by atoms with Crippen LogP contribution in [0.5, 0.6) is 0 Å². The lowest BCUT2D eigenvalue weighted by molar-refractivity contribution is 0.0717. The van der Waals surface area contributed by atoms with Crippen molar-refractivity contribution in [2.24, 2.45) is 0 Å². The summed E-state index contributed by atoms with van der Waals surface area (Å²) in [5.41, 5.74) is 2.54. The molecule has 0 N–H and O–H groups in total. The zero-order valence-electron chi connectivity index (χ0n) is 18.7. The van der Waals surface area contributed by atoms with Crippen LogP contribution in [0.25, 0.3) is 17.3 Å². The molecule has 0 bridgehead atoms. The van der Waals surface area contributed by atoms with Crippen LogP contribution in [0.2, 0.25) is 10.0 Å². The van der Waals surface area contributed by atoms with Gasteiger partial charge in [-0.05, 0) is 66.8 Å². The number of aromatic nitrogens is 2. The molecule has 1 fully saturated rings. The SMILES string of the molecule is O=C(c1nn(-c2ccc(Cl)cc2Cl)c2c1CS(=O)(=O)C/C2=C\c1ccc(F)cc1)N1CCCCC1. The maximum atomic E-state index is 13.5. The molecule has 0 spiro atoms. The molecule has 0 aliphatic carbocycles. The van der Waals surface area contributed by atoms with Gasteiger partial charge in [-0.15, -0.1) is 0 Å². The van der Waals surface area contributed by atoms with E-state index in [4.69, 9.17) is 23.2 Å². The van der Waals surface area contributed by atoms with Gasteiger partial charge in [0.1, 0.15) is 5.82 Å². The van der Waals surface area contributed by atoms with Gasteiger partial charge in [0.2, 0.25) is 0 Å². The van der Waals surface area contributed by atoms with Crippen LogP contribution in [-0.2, 0) is 15.6 Å². The molecule has 1 amide bonds. The molecule has 1 saturated heterocycles. The molecule has 10 heteroatoms. The second-order valence-electron chi connectivity index (χ2n) is 8.79. The van der Waals surface area contributed by atoms with Gasteiger partial charge in [-0.2, -0.15) is 5.10 Å². The molecule has 1 aromatic heterocycles. The highest BCUT2D eigenvalue weighted by Crippen LogP contribution is 2.37. The van der Waals surface area contributed by atoms with Gasteiger partial charge in [-0.25, -0.2) is 17.5 Å². The van der Waals surface area contributed by atoms with E-state index in [0.717, 1.165) is 19.3 Å². The molecular weight excluding hydrogens is 512 g/mol. The number of amides is 1. The first-order chi connectivity index (χ1) is 16.7. The molecule has 0 atom stereocenters. The second kappa shape index (κ2) is 9.41. The number of halogens is 3. The lowest BCUT2D eigenvalue weighted by Gasteiger charge is -2.26. The lowest BCUT2D eigenvalue weighted by Crippen LogP contribution is -2.36. The van der Waals surface area contributed by atoms with Crippen molar-refractivity contribution < 1.29 is 17.6 Å². The first kappa shape index (κ1) is 24.0. The third-order valence-corrected chi connectivity index (χ3v) is 8.24. The van der Waals surface area contributed by atoms with E-state index in [1.54, 1.807) is 41.3 Å². The molecule has 3 heterocycles. The molecule has 2 aliphatic heterocycles. The molecule has 35 heavy (non-hydrogen) atoms. The minimum Gasteiger partial charge on any atom is -0.337 e. The highest BCUT2D eigenvalue weighted by atomic mass is 35.5. The number of rotatable bonds is 3. The third kappa shape index (κ3) is 4.87. The molecule has 2 aromatic carbocycles. The molecule has 0 radical (unpaired) electrons. The van der Waals surface area contributed by atoms with Crippen molar-refractivity contribution in [2.45, 2.75) is 25.0 Å². The van der Waals surface area contributed by atoms with Gasteiger partial charge in [-0.1, -0.05) is 35.3 Å². The summed E-state index contributed by atoms with van der Waals surface area (Å²) in [6, 6.07) is 10.7. The van der Waals surface area contributed by atoms with Crippen LogP contribution in [0.4, 0.5) is 4.39 Å². The summed E-state index contributed by atoms with van der Waals surface area (Å²) in [5.74, 6) is -1.23. The Kier molecular flexibility index (Phi) is 6.46. The van der Waals surface area contributed by atoms with E-state index in [9.17, 15) is 17.6 Å². The van der Waals surface area contributed by atoms with Crippen molar-refractivity contribution in [1.82, 2.24) is 14.7 Å². The van der Waals surface area contributed by atoms with Gasteiger partial charge in [0, 0.05) is 23.7 Å². The molecule has 0 unspecified atom stereocenters. The number of nitrogens with zero attached hydrogens (tertiary/aromatic N) is 3. The van der Waals surface area contributed by atoms with E-state index in [-0.39, 0.29) is 23.1 Å². The highest BCUT2D eigenvalue weighted by Gasteiger charge is 2.36. The summed E-state index contributed by atoms with van der Waals surface area (Å²) >= 11 is 12.6. The number of hydrogen-bond acceptors (Lipinski definition) is 4. The summed E-state index contributed by atoms with van der Waals surface area (Å²) in [6.45, 7) is 1.21. The van der Waals surface area contributed by atoms with E-state index in [1.165, 1.54) is 16.8 Å². The standard InChI is InChI=1S/C25H22Cl2FN3O3S/c26-18-6-9-22(21(27)13-18)31-24-17(12-16-4-7-19(28)8-5-16)14-35(33,34)15-20(24)23(29-31)25(32)30-10-2-1-3-11-30/h4-9,12-13H,1-3,10-11,14-15H2/b17-12+. The predicted octanol–water partition coefficient (Wildman–Crippen LogP) is 5.41. The Hall–Kier alpha value is -2.68. The quantitative estimate of drug-likeness (QED) is 0.451. The average Bonchev–Trinajstić information content (AvgIpc) is 3.18. The van der Waals surface area contributed by atoms with Crippen LogP contribution in [-0.4, -0.2) is 47.8 Å². The van der Waals surface area contributed by atoms with Crippen LogP contribution in [0.15, 0.2) is 42.5 Å². The number of carbonyl (C=O) groups excluding carboxylic acids is 1. The Balaban J connectivity index is 1.74. The molecule has 182 valence electrons. The van der Waals surface area contributed by atoms with E-state index in [1.807, 2.05) is 0 Å². The van der Waals surface area contributed by atoms with E-state index in [0.29, 0.717) is 51.2 Å². The predicted molar refractivity (Wildman–Crippen MR) is 135 cm³/mol. The van der Waals surface area contributed by atoms with Gasteiger partial charge in [-0.3, -0.25) is 4.79 Å². The van der Waals surface area contributed by atoms with Crippen molar-refractivity contribution >= 4 is 50.6 Å². The number of piperidine rings is 1. The number of fused-ring (bicyclic) bond motifs is 1. The minimum absolute atomic E-state index is 0.112. The first-order valence-electron chi connectivity index (χ1n) is 11.3. The van der Waals surface area contributed by atoms with E-state index < -0.39 is 15.7 Å². The van der Waals surface area contributed by atoms with Crippen molar-refractivity contribution in [3.63, 3.8) is 0 Å². The third-order valence-electron chi connectivity index (χ3n) is 6.22. The molecule has 5 rings (SSSR count). The summed E-state index contributed by atoms with van der Waals surface area (Å²) in [6.07, 6.45) is 4.53. The average molecular weight is 534 g/mol. The molecule has 3 aromatic rings. The van der Waals surface area contributed by atoms with Crippen LogP contribution in [0.3, 0.4) is 0 Å². The maximum absolute atomic E-state index is 13.5. The fourth-order valence-electron chi connectivity index (χ4n) is 4.61. The lowest BCUT2D eigenvalue weighted by atomic mass is 10.0. The Bertz CT molecular complexity index is 1440. The maximum Gasteiger partial charge on any atom is 0.274 e. The van der Waals surface area contributed by atoms with Crippen molar-refractivity contribution in [3.05, 3.63) is 80.8 Å². The molecule has 0 saturated carbocycles. The zero-order chi connectivity index (χ0) is 24.7. The fourth-order valence-corrected chi connectivity index (χ4v) is 6.61. The number of benzene rings is 2. The van der Waals surface area contributed by atoms with Crippen molar-refractivity contribution in [2.75, 3.05) is 18.8 Å². The number of carbonyl (C=O) groups is 1. The monoisotopic (exact) mass is 533 g/mol. The zero-order valence-corrected chi connectivity index (χ0v) is 21.0. The summed E-state index contributed by atoms with van der Waals surface area (Å²) in [4.78, 5) is 15.2. The van der Waals surface area contributed by atoms with Gasteiger partial charge < -0.3 is 4.90 Å². The largest absolute Gasteiger partial charge is 0.337 e. The van der Waals surface area contributed by atoms with Crippen LogP contribution in [0, 0.1) is 5.82 Å². The smallest absolute Gasteiger partial charge is 0.274 e. The van der Waals surface area contributed by atoms with Crippen molar-refractivity contribution in [1.29, 1.82) is 0 Å². The number of likely N-dealkylation sites (tertiary alicyclic amines) is 1. The highest BCUT2D eigenvalue weighted by molar-refractivity contribution is 7.91. The van der Waals surface area contributed by atoms with Crippen LogP contribution >= 0.6 is 23.2 Å². The van der Waals surface area contributed by atoms with Gasteiger partial charge in [0.15, 0.2) is 15.5 Å². The van der Waals surface area contributed by atoms with Gasteiger partial charge >= 0.3 is 0 Å². The van der Waals surface area contributed by atoms with Crippen LogP contribution in [0.1, 0.15) is 46.6 Å². The minimum atomic E-state index is -3.57. The Morgan fingerprint density at radius 3 is 2.40 bits per heavy atom. The molecule has 6 nitrogen and oxygen atoms in total. The number of hydrogen-bond donors (Lipinski definition) is 0. The summed E-state index contributed by atoms with van der Waals surface area (Å²) < 4.78 is 40.9. The summed E-state index contributed by atoms with van der Waals surface area (Å²) in [5, 5.41) is 5.39. The Morgan fingerprint density at radius 1 is 1.00 bits per heavy atom. The van der Waals surface area contributed by atoms with E-state index >= 15 is 0 Å². The second-order valence-corrected chi connectivity index (χ2v) is 11.7. The molecular formula is C25H22Cl2FN3O3S. The first-order valence-corrected chi connectivity index (χ1v) is 13.8. The topological polar surface area (TPSA) is 72.3 Å². The van der Waals surface area contributed by atoms with Gasteiger partial charge in [0.25, 0.3) is 5.91 Å². The van der Waals surface area contributed by atoms with Gasteiger partial charge in [0.05, 0.1) is 27.9 Å². The number of sulfone groups is 1. The van der Waals surface area contributed by atoms with Crippen LogP contribution < -0.4 is 0 Å². The Labute approximate surface area is 212 Å².